The number of rotatable bonds is 16. The van der Waals surface area contributed by atoms with Gasteiger partial charge in [-0.3, -0.25) is 29.1 Å². The number of nitrogens with zero attached hydrogens (tertiary/aromatic N) is 4. The Morgan fingerprint density at radius 3 is 1.32 bits per heavy atom. The van der Waals surface area contributed by atoms with Crippen molar-refractivity contribution in [3.05, 3.63) is 151 Å². The van der Waals surface area contributed by atoms with Crippen LogP contribution in [0.2, 0.25) is 0 Å². The van der Waals surface area contributed by atoms with Gasteiger partial charge in [-0.05, 0) is 148 Å². The first-order valence-corrected chi connectivity index (χ1v) is 30.4. The molecule has 10 heterocycles. The minimum atomic E-state index is -1.23. The number of carboxylic acid groups (broad SMARTS) is 3. The van der Waals surface area contributed by atoms with E-state index in [0.29, 0.717) is 63.7 Å². The van der Waals surface area contributed by atoms with Gasteiger partial charge < -0.3 is 49.5 Å². The van der Waals surface area contributed by atoms with E-state index in [1.807, 2.05) is 84.9 Å². The molecule has 6 aromatic rings. The molecule has 0 saturated heterocycles. The Morgan fingerprint density at radius 1 is 0.495 bits per heavy atom. The Morgan fingerprint density at radius 2 is 0.912 bits per heavy atom. The van der Waals surface area contributed by atoms with Crippen molar-refractivity contribution in [1.29, 1.82) is 0 Å². The molecule has 20 heteroatoms. The molecule has 91 heavy (non-hydrogen) atoms. The highest BCUT2D eigenvalue weighted by Gasteiger charge is 2.38. The Balaban J connectivity index is 0.000000216. The van der Waals surface area contributed by atoms with E-state index in [9.17, 15) is 44.1 Å². The van der Waals surface area contributed by atoms with Crippen molar-refractivity contribution in [2.45, 2.75) is 144 Å². The molecule has 0 spiro atoms. The van der Waals surface area contributed by atoms with Crippen LogP contribution in [0.25, 0.3) is 78.6 Å². The maximum absolute atomic E-state index is 13.4. The molecular weight excluding hydrogens is 1160 g/mol. The lowest BCUT2D eigenvalue weighted by atomic mass is 9.84. The highest BCUT2D eigenvalue weighted by atomic mass is 16.5. The fourth-order valence-corrected chi connectivity index (χ4v) is 13.3. The molecule has 20 nitrogen and oxygen atoms in total. The third-order valence-corrected chi connectivity index (χ3v) is 18.5. The van der Waals surface area contributed by atoms with Crippen LogP contribution in [0.3, 0.4) is 0 Å². The molecule has 0 aliphatic carbocycles. The van der Waals surface area contributed by atoms with Gasteiger partial charge in [0.25, 0.3) is 0 Å². The Hall–Kier alpha value is -9.98. The molecule has 0 unspecified atom stereocenters. The maximum Gasteiger partial charge on any atom is 0.340 e. The lowest BCUT2D eigenvalue weighted by molar-refractivity contribution is -0.141. The first-order chi connectivity index (χ1) is 43.3. The number of hydrogen-bond donors (Lipinski definition) is 7. The number of ether oxygens (including phenoxy) is 3. The molecular formula is C71H78N8O12. The van der Waals surface area contributed by atoms with E-state index >= 15 is 0 Å². The lowest BCUT2D eigenvalue weighted by Crippen LogP contribution is -2.15. The molecule has 4 atom stereocenters. The van der Waals surface area contributed by atoms with Crippen molar-refractivity contribution >= 4 is 114 Å². The van der Waals surface area contributed by atoms with E-state index in [1.165, 1.54) is 21.3 Å². The second-order valence-electron chi connectivity index (χ2n) is 23.5. The van der Waals surface area contributed by atoms with Crippen LogP contribution in [0.5, 0.6) is 0 Å². The van der Waals surface area contributed by atoms with E-state index in [1.54, 1.807) is 13.0 Å². The SMILES string of the molecule is C=Cc1c(C)c2cc3nc(c(CC(=O)O)c4nc(cc5[nH]c(cc1[nH]2)c(C)c5CC)C(C)=C4C(=O)O)[C@@H](CCC(=O)O)[C@@H]3C.C=Cc1c(C)c2cc3nc(c(CC(=O)OC)c4nc(cc5[nH]c(cc1[nH]2)c(C)c5CC)C(C)=C4C(=O)OC)[C@@H](CCC(=O)OC)[C@@H]3C. The smallest absolute Gasteiger partial charge is 0.340 e. The Kier molecular flexibility index (Phi) is 19.1. The van der Waals surface area contributed by atoms with Crippen LogP contribution in [0.1, 0.15) is 192 Å². The fraction of sp³-hybridized carbons (Fsp3) is 0.352. The van der Waals surface area contributed by atoms with E-state index in [4.69, 9.17) is 34.1 Å². The molecule has 16 bridgehead atoms. The van der Waals surface area contributed by atoms with Gasteiger partial charge in [0, 0.05) is 114 Å². The predicted molar refractivity (Wildman–Crippen MR) is 352 cm³/mol. The number of allylic oxidation sites excluding steroid dienone is 2. The highest BCUT2D eigenvalue weighted by molar-refractivity contribution is 6.26. The van der Waals surface area contributed by atoms with Gasteiger partial charge in [0.1, 0.15) is 0 Å². The third-order valence-electron chi connectivity index (χ3n) is 18.5. The monoisotopic (exact) mass is 1230 g/mol. The molecule has 0 amide bonds. The van der Waals surface area contributed by atoms with Crippen LogP contribution in [0, 0.1) is 27.7 Å². The summed E-state index contributed by atoms with van der Waals surface area (Å²) in [5.41, 5.74) is 20.6. The Bertz CT molecular complexity index is 4510. The van der Waals surface area contributed by atoms with Crippen molar-refractivity contribution in [3.8, 4) is 0 Å². The fourth-order valence-electron chi connectivity index (χ4n) is 13.3. The number of aromatic amines is 4. The molecule has 6 aromatic heterocycles. The van der Waals surface area contributed by atoms with E-state index in [-0.39, 0.29) is 71.8 Å². The number of carbonyl (C=O) groups excluding carboxylic acids is 3. The molecule has 474 valence electrons. The number of hydrogen-bond acceptors (Lipinski definition) is 13. The number of aliphatic carboxylic acids is 3. The molecule has 0 saturated carbocycles. The van der Waals surface area contributed by atoms with Gasteiger partial charge in [-0.1, -0.05) is 53.0 Å². The average molecular weight is 1240 g/mol. The first kappa shape index (κ1) is 65.5. The number of carboxylic acids is 3. The molecule has 0 aromatic carbocycles. The minimum absolute atomic E-state index is 0.0451. The summed E-state index contributed by atoms with van der Waals surface area (Å²) in [5.74, 6) is -5.99. The zero-order chi connectivity index (χ0) is 66.2. The van der Waals surface area contributed by atoms with Gasteiger partial charge in [0.05, 0.1) is 79.5 Å². The van der Waals surface area contributed by atoms with Crippen LogP contribution < -0.4 is 0 Å². The molecule has 4 aliphatic heterocycles. The highest BCUT2D eigenvalue weighted by Crippen LogP contribution is 2.46. The summed E-state index contributed by atoms with van der Waals surface area (Å²) in [6, 6.07) is 11.8. The summed E-state index contributed by atoms with van der Waals surface area (Å²) in [6.45, 7) is 27.9. The third kappa shape index (κ3) is 12.4. The molecule has 10 rings (SSSR count). The average Bonchev–Trinajstić information content (AvgIpc) is 1.62. The molecule has 0 fully saturated rings. The zero-order valence-electron chi connectivity index (χ0n) is 53.8. The van der Waals surface area contributed by atoms with Crippen LogP contribution in [0.15, 0.2) is 49.6 Å². The first-order valence-electron chi connectivity index (χ1n) is 30.4. The molecule has 7 N–H and O–H groups in total. The summed E-state index contributed by atoms with van der Waals surface area (Å²) in [6.07, 6.45) is 5.02. The molecule has 0 radical (unpaired) electrons. The van der Waals surface area contributed by atoms with Gasteiger partial charge >= 0.3 is 35.8 Å². The number of aromatic nitrogens is 8. The standard InChI is InChI=1S/C37H42N4O6.C34H36N4O6/c1-10-22-18(3)26-15-28-20(5)24(12-13-32(42)45-7)35(40-28)25(14-33(43)46-8)36-34(37(44)47-9)21(6)29(41-36)17-31-23(11-2)19(4)27(39-31)16-30(22)38-26;1-7-19-15(3)23-12-25-17(5)21(9-10-29(39)40)32(37-25)22(11-30(41)42)33-31(34(43)44)18(6)26(38-33)14-28-20(8-2)16(4)24(36-28)13-27(19)35-23/h10,15-17,20,24,38-39H,1,11-14H2,2-9H3;7,12-14,17,21,35-36H,1,8-11H2,2-6H3,(H,39,40)(H,41,42)(H,43,44)/t20-,24-;17-,21-/m00/s1. The van der Waals surface area contributed by atoms with Gasteiger partial charge in [-0.15, -0.1) is 0 Å². The van der Waals surface area contributed by atoms with Crippen LogP contribution in [-0.4, -0.2) is 112 Å². The summed E-state index contributed by atoms with van der Waals surface area (Å²) in [7, 11) is 4.00. The van der Waals surface area contributed by atoms with E-state index < -0.39 is 42.2 Å². The zero-order valence-corrected chi connectivity index (χ0v) is 53.8. The quantitative estimate of drug-likeness (QED) is 0.0350. The van der Waals surface area contributed by atoms with Crippen LogP contribution in [0.4, 0.5) is 0 Å². The van der Waals surface area contributed by atoms with Crippen LogP contribution in [-0.2, 0) is 68.7 Å². The van der Waals surface area contributed by atoms with Gasteiger partial charge in [0.15, 0.2) is 0 Å². The summed E-state index contributed by atoms with van der Waals surface area (Å²) in [5, 5.41) is 29.9. The summed E-state index contributed by atoms with van der Waals surface area (Å²) < 4.78 is 15.3. The normalized spacial score (nSPS) is 16.1. The number of fused-ring (bicyclic) bond motifs is 16. The minimum Gasteiger partial charge on any atom is -0.481 e. The second-order valence-corrected chi connectivity index (χ2v) is 23.5. The van der Waals surface area contributed by atoms with Crippen molar-refractivity contribution in [3.63, 3.8) is 0 Å². The van der Waals surface area contributed by atoms with E-state index in [2.05, 4.69) is 53.0 Å². The number of nitrogens with one attached hydrogen (secondary N) is 4. The van der Waals surface area contributed by atoms with E-state index in [0.717, 1.165) is 101 Å². The number of esters is 3. The predicted octanol–water partition coefficient (Wildman–Crippen LogP) is 13.3. The largest absolute Gasteiger partial charge is 0.481 e. The summed E-state index contributed by atoms with van der Waals surface area (Å²) in [4.78, 5) is 109. The van der Waals surface area contributed by atoms with Gasteiger partial charge in [-0.2, -0.15) is 0 Å². The van der Waals surface area contributed by atoms with Crippen molar-refractivity contribution in [2.75, 3.05) is 21.3 Å². The summed E-state index contributed by atoms with van der Waals surface area (Å²) >= 11 is 0. The maximum atomic E-state index is 13.4. The second kappa shape index (κ2) is 26.6. The van der Waals surface area contributed by atoms with Gasteiger partial charge in [-0.25, -0.2) is 19.6 Å². The van der Waals surface area contributed by atoms with Crippen LogP contribution >= 0.6 is 0 Å². The number of H-pyrrole nitrogens is 4. The number of aryl methyl sites for hydroxylation is 6. The van der Waals surface area contributed by atoms with Crippen molar-refractivity contribution in [2.24, 2.45) is 0 Å². The van der Waals surface area contributed by atoms with Crippen molar-refractivity contribution in [1.82, 2.24) is 39.9 Å². The van der Waals surface area contributed by atoms with Gasteiger partial charge in [0.2, 0.25) is 0 Å². The molecule has 4 aliphatic rings. The number of methoxy groups -OCH3 is 3. The Labute approximate surface area is 526 Å². The number of carbonyl (C=O) groups is 6. The topological polar surface area (TPSA) is 306 Å². The van der Waals surface area contributed by atoms with Crippen molar-refractivity contribution < 1.29 is 58.3 Å². The lowest BCUT2D eigenvalue weighted by Gasteiger charge is -2.18.